The Kier molecular flexibility index (Phi) is 6.19. The van der Waals surface area contributed by atoms with E-state index in [9.17, 15) is 8.42 Å². The fraction of sp³-hybridized carbons (Fsp3) is 0.692. The lowest BCUT2D eigenvalue weighted by Crippen LogP contribution is -2.29. The third-order valence-electron chi connectivity index (χ3n) is 2.88. The summed E-state index contributed by atoms with van der Waals surface area (Å²) < 4.78 is 37.6. The molecule has 0 amide bonds. The number of furan rings is 1. The molecule has 7 heteroatoms. The lowest BCUT2D eigenvalue weighted by molar-refractivity contribution is 0.204. The fourth-order valence-electron chi connectivity index (χ4n) is 1.92. The van der Waals surface area contributed by atoms with Crippen molar-refractivity contribution in [3.05, 3.63) is 17.1 Å². The van der Waals surface area contributed by atoms with Crippen molar-refractivity contribution < 1.29 is 17.6 Å². The minimum atomic E-state index is -3.58. The molecule has 2 N–H and O–H groups in total. The molecule has 0 fully saturated rings. The second kappa shape index (κ2) is 7.21. The molecule has 1 rings (SSSR count). The Morgan fingerprint density at radius 2 is 1.90 bits per heavy atom. The third kappa shape index (κ3) is 4.31. The summed E-state index contributed by atoms with van der Waals surface area (Å²) in [6.07, 6.45) is 0. The van der Waals surface area contributed by atoms with Gasteiger partial charge < -0.3 is 14.5 Å². The predicted octanol–water partition coefficient (Wildman–Crippen LogP) is 1.32. The zero-order chi connectivity index (χ0) is 15.3. The van der Waals surface area contributed by atoms with Crippen molar-refractivity contribution in [2.45, 2.75) is 45.2 Å². The van der Waals surface area contributed by atoms with Gasteiger partial charge in [0.05, 0.1) is 6.61 Å². The van der Waals surface area contributed by atoms with Gasteiger partial charge in [-0.2, -0.15) is 0 Å². The first-order valence-electron chi connectivity index (χ1n) is 6.60. The minimum Gasteiger partial charge on any atom is -0.465 e. The van der Waals surface area contributed by atoms with Crippen molar-refractivity contribution in [2.75, 3.05) is 20.3 Å². The van der Waals surface area contributed by atoms with Crippen LogP contribution in [0.1, 0.15) is 30.9 Å². The average Bonchev–Trinajstić information content (AvgIpc) is 2.62. The molecule has 1 heterocycles. The summed E-state index contributed by atoms with van der Waals surface area (Å²) in [5.74, 6) is 1.04. The van der Waals surface area contributed by atoms with E-state index in [0.717, 1.165) is 0 Å². The van der Waals surface area contributed by atoms with Gasteiger partial charge in [0, 0.05) is 31.8 Å². The van der Waals surface area contributed by atoms with Crippen molar-refractivity contribution in [1.29, 1.82) is 0 Å². The summed E-state index contributed by atoms with van der Waals surface area (Å²) in [5.41, 5.74) is 0.682. The summed E-state index contributed by atoms with van der Waals surface area (Å²) in [6, 6.07) is 0.265. The van der Waals surface area contributed by atoms with Gasteiger partial charge in [-0.05, 0) is 13.8 Å². The van der Waals surface area contributed by atoms with E-state index in [4.69, 9.17) is 9.15 Å². The highest BCUT2D eigenvalue weighted by molar-refractivity contribution is 7.89. The zero-order valence-corrected chi connectivity index (χ0v) is 13.6. The zero-order valence-electron chi connectivity index (χ0n) is 12.7. The van der Waals surface area contributed by atoms with Crippen LogP contribution >= 0.6 is 0 Å². The Balaban J connectivity index is 3.03. The van der Waals surface area contributed by atoms with E-state index in [0.29, 0.717) is 30.2 Å². The van der Waals surface area contributed by atoms with Gasteiger partial charge in [0.1, 0.15) is 16.4 Å². The van der Waals surface area contributed by atoms with Crippen molar-refractivity contribution in [2.24, 2.45) is 0 Å². The largest absolute Gasteiger partial charge is 0.465 e. The first-order valence-corrected chi connectivity index (χ1v) is 8.08. The quantitative estimate of drug-likeness (QED) is 0.708. The number of hydrogen-bond donors (Lipinski definition) is 2. The lowest BCUT2D eigenvalue weighted by Gasteiger charge is -2.11. The maximum atomic E-state index is 12.4. The monoisotopic (exact) mass is 304 g/mol. The van der Waals surface area contributed by atoms with Gasteiger partial charge in [-0.3, -0.25) is 0 Å². The van der Waals surface area contributed by atoms with E-state index in [1.165, 1.54) is 7.11 Å². The van der Waals surface area contributed by atoms with Crippen LogP contribution in [-0.4, -0.2) is 34.7 Å². The van der Waals surface area contributed by atoms with E-state index in [-0.39, 0.29) is 17.5 Å². The van der Waals surface area contributed by atoms with Crippen molar-refractivity contribution in [3.8, 4) is 0 Å². The molecule has 0 saturated carbocycles. The van der Waals surface area contributed by atoms with Crippen LogP contribution in [0.4, 0.5) is 0 Å². The third-order valence-corrected chi connectivity index (χ3v) is 4.53. The van der Waals surface area contributed by atoms with Crippen LogP contribution in [0.5, 0.6) is 0 Å². The van der Waals surface area contributed by atoms with Gasteiger partial charge in [-0.25, -0.2) is 13.1 Å². The molecule has 20 heavy (non-hydrogen) atoms. The van der Waals surface area contributed by atoms with Crippen molar-refractivity contribution >= 4 is 10.0 Å². The predicted molar refractivity (Wildman–Crippen MR) is 77.2 cm³/mol. The molecule has 0 atom stereocenters. The number of aryl methyl sites for hydroxylation is 2. The minimum absolute atomic E-state index is 0.235. The second-order valence-electron chi connectivity index (χ2n) is 4.95. The van der Waals surface area contributed by atoms with Crippen LogP contribution in [0, 0.1) is 13.8 Å². The van der Waals surface area contributed by atoms with E-state index >= 15 is 0 Å². The Bertz CT molecular complexity index is 535. The second-order valence-corrected chi connectivity index (χ2v) is 6.65. The normalized spacial score (nSPS) is 12.3. The number of methoxy groups -OCH3 is 1. The maximum Gasteiger partial charge on any atom is 0.244 e. The molecule has 0 aromatic carbocycles. The van der Waals surface area contributed by atoms with E-state index < -0.39 is 10.0 Å². The van der Waals surface area contributed by atoms with Gasteiger partial charge in [0.2, 0.25) is 10.0 Å². The molecule has 0 unspecified atom stereocenters. The number of hydrogen-bond acceptors (Lipinski definition) is 5. The topological polar surface area (TPSA) is 80.6 Å². The molecule has 1 aromatic rings. The maximum absolute atomic E-state index is 12.4. The van der Waals surface area contributed by atoms with Crippen molar-refractivity contribution in [1.82, 2.24) is 10.0 Å². The SMILES string of the molecule is COCCNS(=O)(=O)c1c(C)oc(C)c1CNC(C)C. The number of ether oxygens (including phenoxy) is 1. The first kappa shape index (κ1) is 17.2. The highest BCUT2D eigenvalue weighted by atomic mass is 32.2. The molecular formula is C13H24N2O4S. The Hall–Kier alpha value is -0.890. The van der Waals surface area contributed by atoms with E-state index in [2.05, 4.69) is 10.0 Å². The molecule has 0 aliphatic carbocycles. The van der Waals surface area contributed by atoms with Gasteiger partial charge >= 0.3 is 0 Å². The Morgan fingerprint density at radius 1 is 1.25 bits per heavy atom. The van der Waals surface area contributed by atoms with Crippen molar-refractivity contribution in [3.63, 3.8) is 0 Å². The van der Waals surface area contributed by atoms with E-state index in [1.807, 2.05) is 13.8 Å². The van der Waals surface area contributed by atoms with Crippen LogP contribution in [-0.2, 0) is 21.3 Å². The molecule has 0 spiro atoms. The van der Waals surface area contributed by atoms with Crippen LogP contribution in [0.15, 0.2) is 9.31 Å². The molecule has 0 aliphatic rings. The summed E-state index contributed by atoms with van der Waals surface area (Å²) in [5, 5.41) is 3.22. The molecule has 0 radical (unpaired) electrons. The lowest BCUT2D eigenvalue weighted by atomic mass is 10.2. The van der Waals surface area contributed by atoms with Gasteiger partial charge in [-0.1, -0.05) is 13.8 Å². The molecule has 6 nitrogen and oxygen atoms in total. The first-order chi connectivity index (χ1) is 9.29. The van der Waals surface area contributed by atoms with Crippen LogP contribution in [0.2, 0.25) is 0 Å². The molecular weight excluding hydrogens is 280 g/mol. The van der Waals surface area contributed by atoms with Gasteiger partial charge in [0.25, 0.3) is 0 Å². The van der Waals surface area contributed by atoms with Crippen LogP contribution in [0.25, 0.3) is 0 Å². The molecule has 0 bridgehead atoms. The number of sulfonamides is 1. The van der Waals surface area contributed by atoms with E-state index in [1.54, 1.807) is 13.8 Å². The highest BCUT2D eigenvalue weighted by Gasteiger charge is 2.26. The summed E-state index contributed by atoms with van der Waals surface area (Å²) in [4.78, 5) is 0.235. The smallest absolute Gasteiger partial charge is 0.244 e. The average molecular weight is 304 g/mol. The molecule has 116 valence electrons. The summed E-state index contributed by atoms with van der Waals surface area (Å²) in [7, 11) is -2.06. The van der Waals surface area contributed by atoms with Crippen LogP contribution < -0.4 is 10.0 Å². The van der Waals surface area contributed by atoms with Gasteiger partial charge in [0.15, 0.2) is 0 Å². The highest BCUT2D eigenvalue weighted by Crippen LogP contribution is 2.26. The molecule has 0 aliphatic heterocycles. The molecule has 0 saturated heterocycles. The standard InChI is InChI=1S/C13H24N2O4S/c1-9(2)14-8-12-10(3)19-11(4)13(12)20(16,17)15-6-7-18-5/h9,14-15H,6-8H2,1-5H3. The van der Waals surface area contributed by atoms with Gasteiger partial charge in [-0.15, -0.1) is 0 Å². The summed E-state index contributed by atoms with van der Waals surface area (Å²) in [6.45, 7) is 8.48. The Morgan fingerprint density at radius 3 is 2.45 bits per heavy atom. The number of nitrogens with one attached hydrogen (secondary N) is 2. The Labute approximate surface area is 120 Å². The summed E-state index contributed by atoms with van der Waals surface area (Å²) >= 11 is 0. The van der Waals surface area contributed by atoms with Crippen LogP contribution in [0.3, 0.4) is 0 Å². The number of rotatable bonds is 8. The molecule has 1 aromatic heterocycles. The fourth-order valence-corrected chi connectivity index (χ4v) is 3.38.